The molecule has 0 fully saturated rings. The Labute approximate surface area is 122 Å². The Morgan fingerprint density at radius 2 is 2.17 bits per heavy atom. The fraction of sp³-hybridized carbons (Fsp3) is 0.636. The monoisotopic (exact) mass is 354 g/mol. The van der Waals surface area contributed by atoms with Gasteiger partial charge in [0.1, 0.15) is 4.90 Å². The van der Waals surface area contributed by atoms with E-state index in [0.29, 0.717) is 15.2 Å². The first-order valence-corrected chi connectivity index (χ1v) is 8.80. The van der Waals surface area contributed by atoms with Crippen molar-refractivity contribution < 1.29 is 8.42 Å². The standard InChI is InChI=1S/C11H19BrN2O2S2/c1-5-8(2)14(4)18(15,16)10-6-9(7-13-3)17-11(10)12/h6,8,13H,5,7H2,1-4H3. The smallest absolute Gasteiger partial charge is 0.245 e. The van der Waals surface area contributed by atoms with E-state index in [1.807, 2.05) is 20.9 Å². The van der Waals surface area contributed by atoms with Crippen LogP contribution in [0, 0.1) is 0 Å². The highest BCUT2D eigenvalue weighted by Gasteiger charge is 2.28. The highest BCUT2D eigenvalue weighted by atomic mass is 79.9. The molecule has 0 amide bonds. The summed E-state index contributed by atoms with van der Waals surface area (Å²) in [5.41, 5.74) is 0. The van der Waals surface area contributed by atoms with E-state index in [4.69, 9.17) is 0 Å². The number of hydrogen-bond acceptors (Lipinski definition) is 4. The van der Waals surface area contributed by atoms with Crippen LogP contribution in [0.3, 0.4) is 0 Å². The summed E-state index contributed by atoms with van der Waals surface area (Å²) in [5.74, 6) is 0. The van der Waals surface area contributed by atoms with Crippen molar-refractivity contribution >= 4 is 37.3 Å². The zero-order valence-corrected chi connectivity index (χ0v) is 14.2. The van der Waals surface area contributed by atoms with Crippen LogP contribution in [0.5, 0.6) is 0 Å². The zero-order chi connectivity index (χ0) is 13.9. The summed E-state index contributed by atoms with van der Waals surface area (Å²) in [5, 5.41) is 3.02. The second-order valence-corrected chi connectivity index (χ2v) is 8.58. The Morgan fingerprint density at radius 1 is 1.56 bits per heavy atom. The van der Waals surface area contributed by atoms with Crippen molar-refractivity contribution in [2.24, 2.45) is 0 Å². The second kappa shape index (κ2) is 6.47. The van der Waals surface area contributed by atoms with E-state index < -0.39 is 10.0 Å². The number of sulfonamides is 1. The van der Waals surface area contributed by atoms with E-state index >= 15 is 0 Å². The maximum Gasteiger partial charge on any atom is 0.245 e. The maximum atomic E-state index is 12.5. The lowest BCUT2D eigenvalue weighted by molar-refractivity contribution is 0.380. The van der Waals surface area contributed by atoms with Crippen LogP contribution >= 0.6 is 27.3 Å². The fourth-order valence-corrected chi connectivity index (χ4v) is 5.56. The summed E-state index contributed by atoms with van der Waals surface area (Å²) in [4.78, 5) is 1.36. The van der Waals surface area contributed by atoms with Crippen LogP contribution in [0.2, 0.25) is 0 Å². The molecule has 104 valence electrons. The minimum atomic E-state index is -3.41. The average molecular weight is 355 g/mol. The summed E-state index contributed by atoms with van der Waals surface area (Å²) in [6, 6.07) is 1.73. The molecule has 18 heavy (non-hydrogen) atoms. The number of rotatable bonds is 6. The summed E-state index contributed by atoms with van der Waals surface area (Å²) < 4.78 is 27.0. The van der Waals surface area contributed by atoms with E-state index in [9.17, 15) is 8.42 Å². The number of hydrogen-bond donors (Lipinski definition) is 1. The molecule has 0 saturated heterocycles. The molecule has 1 N–H and O–H groups in total. The van der Waals surface area contributed by atoms with Crippen LogP contribution in [-0.2, 0) is 16.6 Å². The molecule has 1 unspecified atom stereocenters. The first kappa shape index (κ1) is 16.1. The van der Waals surface area contributed by atoms with Crippen LogP contribution in [0.4, 0.5) is 0 Å². The minimum Gasteiger partial charge on any atom is -0.315 e. The zero-order valence-electron chi connectivity index (χ0n) is 11.0. The molecular weight excluding hydrogens is 336 g/mol. The summed E-state index contributed by atoms with van der Waals surface area (Å²) >= 11 is 4.80. The van der Waals surface area contributed by atoms with Crippen LogP contribution in [0.25, 0.3) is 0 Å². The Balaban J connectivity index is 3.12. The number of halogens is 1. The van der Waals surface area contributed by atoms with Gasteiger partial charge in [0.25, 0.3) is 0 Å². The molecule has 1 atom stereocenters. The van der Waals surface area contributed by atoms with Gasteiger partial charge in [0.2, 0.25) is 10.0 Å². The lowest BCUT2D eigenvalue weighted by Crippen LogP contribution is -2.34. The predicted molar refractivity (Wildman–Crippen MR) is 79.5 cm³/mol. The quantitative estimate of drug-likeness (QED) is 0.854. The molecule has 0 spiro atoms. The third kappa shape index (κ3) is 3.33. The van der Waals surface area contributed by atoms with Crippen LogP contribution in [-0.4, -0.2) is 32.9 Å². The fourth-order valence-electron chi connectivity index (χ4n) is 1.48. The van der Waals surface area contributed by atoms with Crippen molar-refractivity contribution in [3.63, 3.8) is 0 Å². The Bertz CT molecular complexity index is 499. The molecular formula is C11H19BrN2O2S2. The van der Waals surface area contributed by atoms with Crippen molar-refractivity contribution in [3.05, 3.63) is 14.7 Å². The Hall–Kier alpha value is 0.0500. The summed E-state index contributed by atoms with van der Waals surface area (Å²) in [6.07, 6.45) is 0.793. The van der Waals surface area contributed by atoms with Crippen LogP contribution in [0.1, 0.15) is 25.1 Å². The number of nitrogens with zero attached hydrogens (tertiary/aromatic N) is 1. The van der Waals surface area contributed by atoms with Gasteiger partial charge in [-0.05, 0) is 42.4 Å². The molecule has 0 aliphatic rings. The predicted octanol–water partition coefficient (Wildman–Crippen LogP) is 2.65. The van der Waals surface area contributed by atoms with Gasteiger partial charge in [-0.3, -0.25) is 0 Å². The molecule has 0 bridgehead atoms. The van der Waals surface area contributed by atoms with Crippen molar-refractivity contribution in [2.75, 3.05) is 14.1 Å². The van der Waals surface area contributed by atoms with Crippen molar-refractivity contribution in [2.45, 2.75) is 37.8 Å². The largest absolute Gasteiger partial charge is 0.315 e. The van der Waals surface area contributed by atoms with Gasteiger partial charge >= 0.3 is 0 Å². The lowest BCUT2D eigenvalue weighted by atomic mass is 10.3. The third-order valence-electron chi connectivity index (χ3n) is 2.93. The van der Waals surface area contributed by atoms with Crippen molar-refractivity contribution in [3.8, 4) is 0 Å². The van der Waals surface area contributed by atoms with Gasteiger partial charge in [-0.2, -0.15) is 4.31 Å². The minimum absolute atomic E-state index is 0.00505. The molecule has 4 nitrogen and oxygen atoms in total. The molecule has 1 heterocycles. The Kier molecular flexibility index (Phi) is 5.79. The van der Waals surface area contributed by atoms with Crippen LogP contribution < -0.4 is 5.32 Å². The summed E-state index contributed by atoms with van der Waals surface area (Å²) in [6.45, 7) is 4.56. The first-order chi connectivity index (χ1) is 8.34. The molecule has 7 heteroatoms. The highest BCUT2D eigenvalue weighted by molar-refractivity contribution is 9.11. The Morgan fingerprint density at radius 3 is 2.67 bits per heavy atom. The van der Waals surface area contributed by atoms with Gasteiger partial charge in [0, 0.05) is 24.5 Å². The van der Waals surface area contributed by atoms with Gasteiger partial charge < -0.3 is 5.32 Å². The van der Waals surface area contributed by atoms with Gasteiger partial charge in [-0.15, -0.1) is 11.3 Å². The van der Waals surface area contributed by atoms with E-state index in [1.165, 1.54) is 15.6 Å². The third-order valence-corrected chi connectivity index (χ3v) is 7.15. The summed E-state index contributed by atoms with van der Waals surface area (Å²) in [7, 11) is 0.0613. The van der Waals surface area contributed by atoms with E-state index in [2.05, 4.69) is 21.2 Å². The van der Waals surface area contributed by atoms with Crippen molar-refractivity contribution in [1.29, 1.82) is 0 Å². The number of nitrogens with one attached hydrogen (secondary N) is 1. The molecule has 0 aliphatic carbocycles. The van der Waals surface area contributed by atoms with Crippen molar-refractivity contribution in [1.82, 2.24) is 9.62 Å². The molecule has 1 aromatic rings. The molecule has 0 aromatic carbocycles. The first-order valence-electron chi connectivity index (χ1n) is 5.75. The molecule has 0 saturated carbocycles. The van der Waals surface area contributed by atoms with Gasteiger partial charge in [0.15, 0.2) is 0 Å². The van der Waals surface area contributed by atoms with Gasteiger partial charge in [0.05, 0.1) is 3.79 Å². The topological polar surface area (TPSA) is 49.4 Å². The van der Waals surface area contributed by atoms with E-state index in [-0.39, 0.29) is 6.04 Å². The maximum absolute atomic E-state index is 12.5. The average Bonchev–Trinajstić information content (AvgIpc) is 2.69. The molecule has 0 radical (unpaired) electrons. The SMILES string of the molecule is CCC(C)N(C)S(=O)(=O)c1cc(CNC)sc1Br. The molecule has 1 rings (SSSR count). The number of thiophene rings is 1. The van der Waals surface area contributed by atoms with E-state index in [1.54, 1.807) is 13.1 Å². The molecule has 1 aromatic heterocycles. The van der Waals surface area contributed by atoms with Crippen LogP contribution in [0.15, 0.2) is 14.7 Å². The lowest BCUT2D eigenvalue weighted by Gasteiger charge is -2.22. The van der Waals surface area contributed by atoms with Gasteiger partial charge in [-0.25, -0.2) is 8.42 Å². The normalized spacial score (nSPS) is 14.1. The van der Waals surface area contributed by atoms with Gasteiger partial charge in [-0.1, -0.05) is 6.92 Å². The second-order valence-electron chi connectivity index (χ2n) is 4.16. The van der Waals surface area contributed by atoms with E-state index in [0.717, 1.165) is 11.3 Å². The molecule has 0 aliphatic heterocycles. The highest BCUT2D eigenvalue weighted by Crippen LogP contribution is 2.33.